The maximum atomic E-state index is 13.7. The number of tetrazole rings is 2. The number of nitrogens with zero attached hydrogens (tertiary/aromatic N) is 7. The molecule has 4 N–H and O–H groups in total. The minimum Gasteiger partial charge on any atom is -0.457 e. The molecule has 11 rings (SSSR count). The summed E-state index contributed by atoms with van der Waals surface area (Å²) >= 11 is 0. The van der Waals surface area contributed by atoms with Gasteiger partial charge in [0.25, 0.3) is 5.95 Å². The number of fused-ring (bicyclic) bond motifs is 5. The third-order valence-corrected chi connectivity index (χ3v) is 11.9. The summed E-state index contributed by atoms with van der Waals surface area (Å²) in [6.07, 6.45) is 6.07. The van der Waals surface area contributed by atoms with Crippen molar-refractivity contribution in [3.8, 4) is 0 Å². The van der Waals surface area contributed by atoms with Crippen LogP contribution in [-0.4, -0.2) is 64.8 Å². The van der Waals surface area contributed by atoms with Gasteiger partial charge in [-0.1, -0.05) is 159 Å². The Morgan fingerprint density at radius 3 is 1.87 bits per heavy atom. The third kappa shape index (κ3) is 12.0. The number of benzene rings is 6. The van der Waals surface area contributed by atoms with Crippen molar-refractivity contribution < 1.29 is 28.7 Å². The normalized spacial score (nSPS) is 16.1. The zero-order valence-corrected chi connectivity index (χ0v) is 37.6. The molecule has 0 radical (unpaired) electrons. The highest BCUT2D eigenvalue weighted by Gasteiger charge is 2.37. The van der Waals surface area contributed by atoms with Crippen LogP contribution in [0.15, 0.2) is 145 Å². The lowest BCUT2D eigenvalue weighted by atomic mass is 9.89. The summed E-state index contributed by atoms with van der Waals surface area (Å²) in [6.45, 7) is 3.28. The Hall–Kier alpha value is -8.40. The van der Waals surface area contributed by atoms with Crippen LogP contribution in [0.3, 0.4) is 0 Å². The first kappa shape index (κ1) is 51.0. The summed E-state index contributed by atoms with van der Waals surface area (Å²) in [7, 11) is 0. The molecular formula is C54H58N10O6. The third-order valence-electron chi connectivity index (χ3n) is 11.9. The summed E-state index contributed by atoms with van der Waals surface area (Å²) in [5.74, 6) is -0.237. The van der Waals surface area contributed by atoms with Crippen LogP contribution in [0.2, 0.25) is 0 Å². The molecule has 6 aromatic carbocycles. The Morgan fingerprint density at radius 1 is 0.714 bits per heavy atom. The Morgan fingerprint density at radius 2 is 1.27 bits per heavy atom. The van der Waals surface area contributed by atoms with Crippen LogP contribution in [-0.2, 0) is 36.7 Å². The second kappa shape index (κ2) is 24.1. The molecule has 0 spiro atoms. The number of ether oxygens (including phenoxy) is 2. The summed E-state index contributed by atoms with van der Waals surface area (Å²) in [5, 5.41) is 31.7. The number of carbonyl (C=O) groups is 4. The second-order valence-electron chi connectivity index (χ2n) is 16.5. The average Bonchev–Trinajstić information content (AvgIpc) is 4.05. The van der Waals surface area contributed by atoms with E-state index >= 15 is 0 Å². The lowest BCUT2D eigenvalue weighted by Crippen LogP contribution is -2.30. The molecule has 3 aliphatic rings. The number of hydrogen-bond donors (Lipinski definition) is 3. The molecule has 3 unspecified atom stereocenters. The van der Waals surface area contributed by atoms with E-state index in [-0.39, 0.29) is 51.2 Å². The zero-order valence-electron chi connectivity index (χ0n) is 37.6. The van der Waals surface area contributed by atoms with Crippen molar-refractivity contribution in [3.63, 3.8) is 0 Å². The maximum absolute atomic E-state index is 13.7. The van der Waals surface area contributed by atoms with E-state index in [1.54, 1.807) is 4.68 Å². The van der Waals surface area contributed by atoms with Crippen LogP contribution < -0.4 is 11.1 Å². The van der Waals surface area contributed by atoms with Gasteiger partial charge >= 0.3 is 11.9 Å². The number of esters is 2. The number of nitrogens with two attached hydrogens (primary N) is 1. The summed E-state index contributed by atoms with van der Waals surface area (Å²) < 4.78 is 13.2. The van der Waals surface area contributed by atoms with Crippen LogP contribution in [0.5, 0.6) is 0 Å². The Kier molecular flexibility index (Phi) is 17.5. The van der Waals surface area contributed by atoms with Gasteiger partial charge in [0.1, 0.15) is 30.5 Å². The molecule has 1 aliphatic heterocycles. The van der Waals surface area contributed by atoms with E-state index in [4.69, 9.17) is 15.2 Å². The first-order chi connectivity index (χ1) is 33.2. The van der Waals surface area contributed by atoms with Crippen molar-refractivity contribution in [2.24, 2.45) is 0 Å². The van der Waals surface area contributed by atoms with Crippen molar-refractivity contribution in [1.82, 2.24) is 40.8 Å². The summed E-state index contributed by atoms with van der Waals surface area (Å²) in [4.78, 5) is 46.7. The number of Topliss-reactive ketones (excluding diaryl/α,β-unsaturated/α-hetero) is 1. The standard InChI is InChI=1S/C26H23N5O2.C14H16O3.C11H8O.CH3N5.2CH4/c1-16-23(25(32)33-22-15-7-11-18-9-3-5-13-20(18)22)24(31-26(27-16)28-29-30-31)21-14-6-10-17-8-2-4-12-19(17)21;1-10(15)9-14(16)17-13-8-4-6-11-5-2-3-7-12(11)13;12-8-10-6-3-5-9-4-1-2-7-11(9)10;2-1-3-5-6-4-1;;/h2-6,8-10,12-14,22,24H,7,11,15H2,1H3,(H,27,28,30);2-3,5,7,13H,4,6,8-9H2,1H3;1-8H;(H3,2,3,4,5,6);2*1H4. The predicted octanol–water partition coefficient (Wildman–Crippen LogP) is 10.0. The van der Waals surface area contributed by atoms with Crippen LogP contribution in [0.25, 0.3) is 21.5 Å². The van der Waals surface area contributed by atoms with Crippen LogP contribution in [0, 0.1) is 0 Å². The number of anilines is 2. The van der Waals surface area contributed by atoms with Gasteiger partial charge in [0.05, 0.1) is 5.57 Å². The van der Waals surface area contributed by atoms with Gasteiger partial charge in [-0.15, -0.1) is 5.10 Å². The van der Waals surface area contributed by atoms with E-state index in [9.17, 15) is 19.2 Å². The zero-order chi connectivity index (χ0) is 47.4. The molecule has 0 saturated carbocycles. The molecule has 16 heteroatoms. The van der Waals surface area contributed by atoms with E-state index in [2.05, 4.69) is 77.9 Å². The van der Waals surface area contributed by atoms with Gasteiger partial charge in [-0.3, -0.25) is 14.4 Å². The van der Waals surface area contributed by atoms with Crippen molar-refractivity contribution >= 4 is 57.4 Å². The molecular weight excluding hydrogens is 885 g/mol. The topological polar surface area (TPSA) is 223 Å². The molecule has 70 heavy (non-hydrogen) atoms. The number of hydrogen-bond acceptors (Lipinski definition) is 14. The molecule has 16 nitrogen and oxygen atoms in total. The smallest absolute Gasteiger partial charge is 0.338 e. The Balaban J connectivity index is 0.000000180. The summed E-state index contributed by atoms with van der Waals surface area (Å²) in [5.41, 5.74) is 12.6. The van der Waals surface area contributed by atoms with Gasteiger partial charge in [-0.25, -0.2) is 4.79 Å². The maximum Gasteiger partial charge on any atom is 0.338 e. The van der Waals surface area contributed by atoms with Crippen molar-refractivity contribution in [2.75, 3.05) is 11.1 Å². The molecule has 0 bridgehead atoms. The predicted molar refractivity (Wildman–Crippen MR) is 269 cm³/mol. The summed E-state index contributed by atoms with van der Waals surface area (Å²) in [6, 6.07) is 43.6. The number of aryl methyl sites for hydroxylation is 2. The fraction of sp³-hybridized carbons (Fsp3) is 0.259. The van der Waals surface area contributed by atoms with E-state index in [1.807, 2.05) is 104 Å². The number of allylic oxidation sites excluding steroid dienone is 1. The van der Waals surface area contributed by atoms with Gasteiger partial charge in [-0.2, -0.15) is 9.90 Å². The molecule has 2 aromatic heterocycles. The van der Waals surface area contributed by atoms with E-state index < -0.39 is 12.0 Å². The molecule has 8 aromatic rings. The van der Waals surface area contributed by atoms with Crippen LogP contribution in [0.1, 0.15) is 117 Å². The fourth-order valence-corrected chi connectivity index (χ4v) is 8.84. The fourth-order valence-electron chi connectivity index (χ4n) is 8.84. The lowest BCUT2D eigenvalue weighted by molar-refractivity contribution is -0.152. The molecule has 0 fully saturated rings. The first-order valence-corrected chi connectivity index (χ1v) is 22.4. The second-order valence-corrected chi connectivity index (χ2v) is 16.5. The minimum atomic E-state index is -0.492. The molecule has 3 atom stereocenters. The van der Waals surface area contributed by atoms with E-state index in [0.29, 0.717) is 17.2 Å². The minimum absolute atomic E-state index is 0. The van der Waals surface area contributed by atoms with Gasteiger partial charge in [0.2, 0.25) is 5.95 Å². The van der Waals surface area contributed by atoms with Gasteiger partial charge in [-0.05, 0) is 117 Å². The lowest BCUT2D eigenvalue weighted by Gasteiger charge is -2.30. The number of aromatic amines is 1. The van der Waals surface area contributed by atoms with E-state index in [0.717, 1.165) is 88.6 Å². The monoisotopic (exact) mass is 942 g/mol. The highest BCUT2D eigenvalue weighted by molar-refractivity contribution is 5.98. The Bertz CT molecular complexity index is 3080. The number of rotatable bonds is 7. The van der Waals surface area contributed by atoms with Gasteiger partial charge < -0.3 is 20.5 Å². The van der Waals surface area contributed by atoms with Crippen LogP contribution >= 0.6 is 0 Å². The number of nitrogen functional groups attached to an aromatic ring is 1. The van der Waals surface area contributed by atoms with Gasteiger partial charge in [0, 0.05) is 11.3 Å². The highest BCUT2D eigenvalue weighted by Crippen LogP contribution is 2.40. The van der Waals surface area contributed by atoms with Crippen molar-refractivity contribution in [3.05, 3.63) is 178 Å². The average molecular weight is 943 g/mol. The molecule has 360 valence electrons. The number of H-pyrrole nitrogens is 1. The number of ketones is 1. The van der Waals surface area contributed by atoms with Crippen molar-refractivity contribution in [2.45, 2.75) is 91.9 Å². The molecule has 0 amide bonds. The number of aromatic nitrogens is 8. The first-order valence-electron chi connectivity index (χ1n) is 22.4. The quantitative estimate of drug-likeness (QED) is 0.0769. The SMILES string of the molecule is C.C.CC(=O)CC(=O)OC1CCCc2ccccc21.CC1=C(C(=O)OC2CCCc3ccccc32)C(c2cccc3ccccc23)n2nnnc2N1.Nc1nn[nH]n1.O=Cc1cccc2ccccc12. The number of nitrogens with one attached hydrogen (secondary N) is 2. The largest absolute Gasteiger partial charge is 0.457 e. The van der Waals surface area contributed by atoms with Crippen molar-refractivity contribution in [1.29, 1.82) is 0 Å². The van der Waals surface area contributed by atoms with E-state index in [1.165, 1.54) is 18.1 Å². The molecule has 2 aliphatic carbocycles. The molecule has 0 saturated heterocycles. The highest BCUT2D eigenvalue weighted by atomic mass is 16.5. The van der Waals surface area contributed by atoms with Gasteiger partial charge in [0.15, 0.2) is 6.29 Å². The van der Waals surface area contributed by atoms with Crippen LogP contribution in [0.4, 0.5) is 11.9 Å². The number of carbonyl (C=O) groups excluding carboxylic acids is 4. The Labute approximate surface area is 406 Å². The number of aldehydes is 1. The molecule has 3 heterocycles.